The molecule has 0 radical (unpaired) electrons. The van der Waals surface area contributed by atoms with Gasteiger partial charge in [-0.05, 0) is 67.3 Å². The van der Waals surface area contributed by atoms with E-state index in [9.17, 15) is 21.6 Å². The van der Waals surface area contributed by atoms with Crippen molar-refractivity contribution in [3.05, 3.63) is 54.1 Å². The molecule has 2 aromatic carbocycles. The van der Waals surface area contributed by atoms with Gasteiger partial charge in [0.25, 0.3) is 0 Å². The standard InChI is InChI=1S/C24H33N3O5S2/c1-4-26(5-2)33(29,30)22-10-6-20(7-11-22)24(28)18-25-21-8-12-23(13-9-21)34(31,32)27-16-14-19(3)15-17-27/h6-13,19,25H,4-5,14-18H2,1-3H3. The molecule has 2 aromatic rings. The van der Waals surface area contributed by atoms with Crippen molar-refractivity contribution in [2.45, 2.75) is 43.4 Å². The molecule has 1 N–H and O–H groups in total. The topological polar surface area (TPSA) is 104 Å². The summed E-state index contributed by atoms with van der Waals surface area (Å²) < 4.78 is 53.7. The largest absolute Gasteiger partial charge is 0.378 e. The molecule has 0 aliphatic carbocycles. The van der Waals surface area contributed by atoms with Crippen LogP contribution in [0.25, 0.3) is 0 Å². The number of Topliss-reactive ketones (excluding diaryl/α,β-unsaturated/α-hetero) is 1. The van der Waals surface area contributed by atoms with Gasteiger partial charge >= 0.3 is 0 Å². The summed E-state index contributed by atoms with van der Waals surface area (Å²) in [4.78, 5) is 13.0. The van der Waals surface area contributed by atoms with Crippen molar-refractivity contribution >= 4 is 31.5 Å². The van der Waals surface area contributed by atoms with Crippen LogP contribution in [0.3, 0.4) is 0 Å². The first-order valence-corrected chi connectivity index (χ1v) is 14.4. The number of hydrogen-bond acceptors (Lipinski definition) is 6. The molecule has 0 bridgehead atoms. The van der Waals surface area contributed by atoms with E-state index in [1.165, 1.54) is 32.9 Å². The van der Waals surface area contributed by atoms with Crippen molar-refractivity contribution in [1.29, 1.82) is 0 Å². The molecule has 34 heavy (non-hydrogen) atoms. The minimum absolute atomic E-state index is 0.00173. The number of rotatable bonds is 10. The molecule has 3 rings (SSSR count). The third-order valence-electron chi connectivity index (χ3n) is 6.21. The lowest BCUT2D eigenvalue weighted by molar-refractivity contribution is 0.101. The van der Waals surface area contributed by atoms with Crippen LogP contribution in [0.1, 0.15) is 44.0 Å². The van der Waals surface area contributed by atoms with Crippen LogP contribution in [0.2, 0.25) is 0 Å². The lowest BCUT2D eigenvalue weighted by Gasteiger charge is -2.29. The summed E-state index contributed by atoms with van der Waals surface area (Å²) in [6, 6.07) is 12.3. The van der Waals surface area contributed by atoms with Crippen molar-refractivity contribution in [3.63, 3.8) is 0 Å². The second-order valence-electron chi connectivity index (χ2n) is 8.50. The lowest BCUT2D eigenvalue weighted by Crippen LogP contribution is -2.37. The number of hydrogen-bond donors (Lipinski definition) is 1. The maximum atomic E-state index is 12.8. The average molecular weight is 508 g/mol. The molecule has 1 saturated heterocycles. The number of piperidine rings is 1. The first-order chi connectivity index (χ1) is 16.1. The van der Waals surface area contributed by atoms with E-state index in [1.807, 2.05) is 0 Å². The number of nitrogens with zero attached hydrogens (tertiary/aromatic N) is 2. The number of nitrogens with one attached hydrogen (secondary N) is 1. The second kappa shape index (κ2) is 11.0. The Labute approximate surface area is 203 Å². The number of anilines is 1. The first-order valence-electron chi connectivity index (χ1n) is 11.6. The summed E-state index contributed by atoms with van der Waals surface area (Å²) >= 11 is 0. The smallest absolute Gasteiger partial charge is 0.243 e. The molecule has 0 saturated carbocycles. The minimum Gasteiger partial charge on any atom is -0.378 e. The van der Waals surface area contributed by atoms with E-state index in [1.54, 1.807) is 38.1 Å². The Bertz CT molecular complexity index is 1180. The van der Waals surface area contributed by atoms with Crippen LogP contribution in [0.4, 0.5) is 5.69 Å². The summed E-state index contributed by atoms with van der Waals surface area (Å²) in [5.74, 6) is 0.337. The van der Waals surface area contributed by atoms with Crippen LogP contribution in [-0.4, -0.2) is 64.0 Å². The number of carbonyl (C=O) groups is 1. The molecule has 1 aliphatic rings. The normalized spacial score (nSPS) is 16.0. The van der Waals surface area contributed by atoms with Gasteiger partial charge in [0.2, 0.25) is 20.0 Å². The molecule has 0 unspecified atom stereocenters. The Hall–Kier alpha value is -2.27. The highest BCUT2D eigenvalue weighted by Gasteiger charge is 2.28. The highest BCUT2D eigenvalue weighted by molar-refractivity contribution is 7.89. The summed E-state index contributed by atoms with van der Waals surface area (Å²) in [5, 5.41) is 3.00. The van der Waals surface area contributed by atoms with E-state index in [-0.39, 0.29) is 22.1 Å². The Morgan fingerprint density at radius 2 is 1.44 bits per heavy atom. The van der Waals surface area contributed by atoms with Crippen LogP contribution in [0.15, 0.2) is 58.3 Å². The maximum absolute atomic E-state index is 12.8. The molecule has 1 heterocycles. The van der Waals surface area contributed by atoms with Crippen LogP contribution in [-0.2, 0) is 20.0 Å². The van der Waals surface area contributed by atoms with Gasteiger partial charge in [-0.2, -0.15) is 8.61 Å². The molecule has 0 spiro atoms. The summed E-state index contributed by atoms with van der Waals surface area (Å²) in [6.45, 7) is 7.51. The summed E-state index contributed by atoms with van der Waals surface area (Å²) in [6.07, 6.45) is 1.73. The SMILES string of the molecule is CCN(CC)S(=O)(=O)c1ccc(C(=O)CNc2ccc(S(=O)(=O)N3CCC(C)CC3)cc2)cc1. The number of sulfonamides is 2. The van der Waals surface area contributed by atoms with Gasteiger partial charge in [0.15, 0.2) is 5.78 Å². The van der Waals surface area contributed by atoms with Gasteiger partial charge in [0.1, 0.15) is 0 Å². The predicted molar refractivity (Wildman–Crippen MR) is 133 cm³/mol. The van der Waals surface area contributed by atoms with E-state index >= 15 is 0 Å². The molecule has 1 fully saturated rings. The van der Waals surface area contributed by atoms with Crippen molar-refractivity contribution < 1.29 is 21.6 Å². The molecule has 10 heteroatoms. The van der Waals surface area contributed by atoms with E-state index in [0.717, 1.165) is 12.8 Å². The lowest BCUT2D eigenvalue weighted by atomic mass is 10.0. The van der Waals surface area contributed by atoms with E-state index in [0.29, 0.717) is 43.3 Å². The Morgan fingerprint density at radius 3 is 1.97 bits per heavy atom. The molecular formula is C24H33N3O5S2. The fraction of sp³-hybridized carbons (Fsp3) is 0.458. The Balaban J connectivity index is 1.61. The van der Waals surface area contributed by atoms with Gasteiger partial charge in [-0.1, -0.05) is 20.8 Å². The maximum Gasteiger partial charge on any atom is 0.243 e. The highest BCUT2D eigenvalue weighted by Crippen LogP contribution is 2.24. The first kappa shape index (κ1) is 26.3. The van der Waals surface area contributed by atoms with Crippen LogP contribution < -0.4 is 5.32 Å². The van der Waals surface area contributed by atoms with Gasteiger partial charge in [-0.15, -0.1) is 0 Å². The molecule has 186 valence electrons. The molecule has 0 atom stereocenters. The van der Waals surface area contributed by atoms with E-state index < -0.39 is 20.0 Å². The van der Waals surface area contributed by atoms with Crippen molar-refractivity contribution in [3.8, 4) is 0 Å². The zero-order chi connectivity index (χ0) is 24.9. The van der Waals surface area contributed by atoms with Crippen molar-refractivity contribution in [2.75, 3.05) is 38.0 Å². The quantitative estimate of drug-likeness (QED) is 0.494. The fourth-order valence-electron chi connectivity index (χ4n) is 3.93. The summed E-state index contributed by atoms with van der Waals surface area (Å²) in [7, 11) is -7.09. The predicted octanol–water partition coefficient (Wildman–Crippen LogP) is 3.43. The molecule has 8 nitrogen and oxygen atoms in total. The zero-order valence-electron chi connectivity index (χ0n) is 19.9. The molecule has 0 amide bonds. The fourth-order valence-corrected chi connectivity index (χ4v) is 6.86. The second-order valence-corrected chi connectivity index (χ2v) is 12.4. The van der Waals surface area contributed by atoms with Crippen molar-refractivity contribution in [1.82, 2.24) is 8.61 Å². The molecule has 1 aliphatic heterocycles. The number of carbonyl (C=O) groups excluding carboxylic acids is 1. The van der Waals surface area contributed by atoms with E-state index in [2.05, 4.69) is 12.2 Å². The van der Waals surface area contributed by atoms with Gasteiger partial charge < -0.3 is 5.32 Å². The number of ketones is 1. The van der Waals surface area contributed by atoms with Gasteiger partial charge in [0.05, 0.1) is 16.3 Å². The van der Waals surface area contributed by atoms with Gasteiger partial charge in [-0.25, -0.2) is 16.8 Å². The van der Waals surface area contributed by atoms with Crippen LogP contribution in [0.5, 0.6) is 0 Å². The number of benzene rings is 2. The minimum atomic E-state index is -3.57. The summed E-state index contributed by atoms with van der Waals surface area (Å²) in [5.41, 5.74) is 1.02. The van der Waals surface area contributed by atoms with Crippen LogP contribution in [0, 0.1) is 5.92 Å². The molecular weight excluding hydrogens is 474 g/mol. The Morgan fingerprint density at radius 1 is 0.912 bits per heavy atom. The van der Waals surface area contributed by atoms with Gasteiger partial charge in [0, 0.05) is 37.4 Å². The molecule has 0 aromatic heterocycles. The monoisotopic (exact) mass is 507 g/mol. The Kier molecular flexibility index (Phi) is 8.51. The van der Waals surface area contributed by atoms with Gasteiger partial charge in [-0.3, -0.25) is 4.79 Å². The zero-order valence-corrected chi connectivity index (χ0v) is 21.5. The average Bonchev–Trinajstić information content (AvgIpc) is 2.83. The van der Waals surface area contributed by atoms with Crippen molar-refractivity contribution in [2.24, 2.45) is 5.92 Å². The third kappa shape index (κ3) is 5.86. The third-order valence-corrected chi connectivity index (χ3v) is 10.2. The highest BCUT2D eigenvalue weighted by atomic mass is 32.2. The van der Waals surface area contributed by atoms with Crippen LogP contribution >= 0.6 is 0 Å². The van der Waals surface area contributed by atoms with E-state index in [4.69, 9.17) is 0 Å².